The Morgan fingerprint density at radius 2 is 0.619 bits per heavy atom. The van der Waals surface area contributed by atoms with E-state index < -0.39 is 17.9 Å². The molecule has 0 aromatic heterocycles. The predicted molar refractivity (Wildman–Crippen MR) is 77.4 cm³/mol. The Hall–Kier alpha value is -2.49. The van der Waals surface area contributed by atoms with Crippen molar-refractivity contribution in [1.82, 2.24) is 18.5 Å². The van der Waals surface area contributed by atoms with Gasteiger partial charge in [0.05, 0.1) is 17.9 Å². The molecule has 9 heteroatoms. The fourth-order valence-corrected chi connectivity index (χ4v) is 0. The number of carbonyl (C=O) groups excluding carboxylic acids is 3. The summed E-state index contributed by atoms with van der Waals surface area (Å²) in [6, 6.07) is 0. The molecule has 0 aromatic carbocycles. The lowest BCUT2D eigenvalue weighted by molar-refractivity contribution is -0.300. The van der Waals surface area contributed by atoms with Crippen molar-refractivity contribution in [2.24, 2.45) is 0 Å². The third-order valence-electron chi connectivity index (χ3n) is 1.05. The largest absolute Gasteiger partial charge is 0.545 e. The number of carboxylic acids is 3. The number of quaternary nitrogens is 3. The lowest BCUT2D eigenvalue weighted by Crippen LogP contribution is -2.22. The van der Waals surface area contributed by atoms with Crippen LogP contribution >= 0.6 is 0 Å². The van der Waals surface area contributed by atoms with E-state index in [4.69, 9.17) is 0 Å². The van der Waals surface area contributed by atoms with Crippen LogP contribution in [0.1, 0.15) is 20.8 Å². The summed E-state index contributed by atoms with van der Waals surface area (Å²) in [5, 5.41) is 28.5. The first-order valence-corrected chi connectivity index (χ1v) is 4.54. The summed E-state index contributed by atoms with van der Waals surface area (Å²) in [6.07, 6.45) is 0. The molecule has 0 aromatic rings. The van der Waals surface area contributed by atoms with Gasteiger partial charge in [0.25, 0.3) is 0 Å². The molecular weight excluding hydrogens is 282 g/mol. The van der Waals surface area contributed by atoms with Gasteiger partial charge in [-0.25, -0.2) is 0 Å². The van der Waals surface area contributed by atoms with E-state index in [1.807, 2.05) is 0 Å². The number of hydrogen-bond donors (Lipinski definition) is 3. The van der Waals surface area contributed by atoms with Gasteiger partial charge in [-0.05, 0) is 37.5 Å². The molecule has 126 valence electrons. The van der Waals surface area contributed by atoms with E-state index in [1.165, 1.54) is 20.8 Å². The second-order valence-corrected chi connectivity index (χ2v) is 3.20. The predicted octanol–water partition coefficient (Wildman–Crippen LogP) is -0.934. The van der Waals surface area contributed by atoms with Gasteiger partial charge in [0.2, 0.25) is 0 Å². The number of carbonyl (C=O) groups is 3. The Labute approximate surface area is 124 Å². The average Bonchev–Trinajstić information content (AvgIpc) is 2.18. The Kier molecular flexibility index (Phi) is 34.3. The summed E-state index contributed by atoms with van der Waals surface area (Å²) in [5.74, 6) is -3.56. The molecule has 0 amide bonds. The van der Waals surface area contributed by atoms with Crippen LogP contribution in [0.25, 0.3) is 0 Å². The van der Waals surface area contributed by atoms with Gasteiger partial charge in [0.1, 0.15) is 0 Å². The number of hydrogen-bond acceptors (Lipinski definition) is 6. The highest BCUT2D eigenvalue weighted by molar-refractivity contribution is 5.83. The van der Waals surface area contributed by atoms with Gasteiger partial charge in [-0.3, -0.25) is 0 Å². The highest BCUT2D eigenvalue weighted by atomic mass is 16.4. The molecule has 0 bridgehead atoms. The molecule has 12 N–H and O–H groups in total. The minimum absolute atomic E-state index is 0. The second-order valence-electron chi connectivity index (χ2n) is 3.20. The van der Waals surface area contributed by atoms with E-state index >= 15 is 0 Å². The van der Waals surface area contributed by atoms with Crippen LogP contribution < -0.4 is 33.8 Å². The first-order valence-electron chi connectivity index (χ1n) is 4.54. The Bertz CT molecular complexity index is 284. The average molecular weight is 309 g/mol. The van der Waals surface area contributed by atoms with Crippen LogP contribution in [0, 0.1) is 0 Å². The van der Waals surface area contributed by atoms with Crippen molar-refractivity contribution in [1.29, 1.82) is 0 Å². The van der Waals surface area contributed by atoms with Crippen LogP contribution in [0.15, 0.2) is 36.5 Å². The second kappa shape index (κ2) is 19.8. The summed E-state index contributed by atoms with van der Waals surface area (Å²) in [6.45, 7) is 13.4. The molecular formula is C12H27N3O6. The van der Waals surface area contributed by atoms with E-state index in [9.17, 15) is 29.7 Å². The molecule has 9 nitrogen and oxygen atoms in total. The summed E-state index contributed by atoms with van der Waals surface area (Å²) in [7, 11) is 0. The molecule has 0 spiro atoms. The minimum atomic E-state index is -1.19. The number of aliphatic carboxylic acids is 3. The summed E-state index contributed by atoms with van der Waals surface area (Å²) in [4.78, 5) is 28.5. The molecule has 0 saturated carbocycles. The fraction of sp³-hybridized carbons (Fsp3) is 0.250. The Balaban J connectivity index is -0.0000000375. The maximum atomic E-state index is 9.49. The summed E-state index contributed by atoms with van der Waals surface area (Å²) < 4.78 is 0. The molecule has 0 saturated heterocycles. The van der Waals surface area contributed by atoms with Crippen molar-refractivity contribution >= 4 is 17.9 Å². The van der Waals surface area contributed by atoms with E-state index in [-0.39, 0.29) is 35.2 Å². The van der Waals surface area contributed by atoms with Gasteiger partial charge in [0.15, 0.2) is 0 Å². The fourth-order valence-electron chi connectivity index (χ4n) is 0. The molecule has 0 aliphatic carbocycles. The van der Waals surface area contributed by atoms with Crippen molar-refractivity contribution in [2.45, 2.75) is 20.8 Å². The molecule has 0 radical (unpaired) electrons. The maximum Gasteiger partial charge on any atom is 0.0666 e. The van der Waals surface area contributed by atoms with Gasteiger partial charge >= 0.3 is 0 Å². The van der Waals surface area contributed by atoms with Crippen LogP contribution in [0.2, 0.25) is 0 Å². The highest BCUT2D eigenvalue weighted by Crippen LogP contribution is 1.78. The van der Waals surface area contributed by atoms with Crippen LogP contribution in [-0.2, 0) is 14.4 Å². The number of rotatable bonds is 3. The SMILES string of the molecule is C=C(C)C(=O)[O-].C=C(C)C(=O)[O-].C=C(C)C(=O)[O-].[NH4+].[NH4+].[NH4+]. The van der Waals surface area contributed by atoms with Gasteiger partial charge < -0.3 is 48.2 Å². The molecule has 0 rings (SSSR count). The topological polar surface area (TPSA) is 230 Å². The molecule has 0 fully saturated rings. The maximum absolute atomic E-state index is 9.49. The summed E-state index contributed by atoms with van der Waals surface area (Å²) in [5.41, 5.74) is 0.194. The first kappa shape index (κ1) is 36.3. The van der Waals surface area contributed by atoms with Crippen LogP contribution in [0.3, 0.4) is 0 Å². The zero-order valence-corrected chi connectivity index (χ0v) is 13.6. The van der Waals surface area contributed by atoms with Crippen molar-refractivity contribution in [3.63, 3.8) is 0 Å². The number of carboxylic acid groups (broad SMARTS) is 3. The lowest BCUT2D eigenvalue weighted by Gasteiger charge is -1.93. The van der Waals surface area contributed by atoms with E-state index in [2.05, 4.69) is 19.7 Å². The van der Waals surface area contributed by atoms with Crippen molar-refractivity contribution in [2.75, 3.05) is 0 Å². The Morgan fingerprint density at radius 3 is 0.619 bits per heavy atom. The van der Waals surface area contributed by atoms with Gasteiger partial charge in [0, 0.05) is 0 Å². The summed E-state index contributed by atoms with van der Waals surface area (Å²) >= 11 is 0. The van der Waals surface area contributed by atoms with Crippen LogP contribution in [0.4, 0.5) is 0 Å². The minimum Gasteiger partial charge on any atom is -0.545 e. The zero-order valence-electron chi connectivity index (χ0n) is 13.6. The smallest absolute Gasteiger partial charge is 0.0666 e. The third kappa shape index (κ3) is 46.6. The zero-order chi connectivity index (χ0) is 15.5. The molecule has 0 atom stereocenters. The molecule has 0 heterocycles. The normalized spacial score (nSPS) is 6.43. The lowest BCUT2D eigenvalue weighted by atomic mass is 10.4. The third-order valence-corrected chi connectivity index (χ3v) is 1.05. The molecule has 0 unspecified atom stereocenters. The van der Waals surface area contributed by atoms with Crippen LogP contribution in [-0.4, -0.2) is 17.9 Å². The standard InChI is InChI=1S/3C4H6O2.3H3N/c3*1-3(2)4(5)6;;;/h3*1H2,2H3,(H,5,6);3*1H3. The van der Waals surface area contributed by atoms with Crippen LogP contribution in [0.5, 0.6) is 0 Å². The Morgan fingerprint density at radius 1 is 0.571 bits per heavy atom. The molecule has 21 heavy (non-hydrogen) atoms. The van der Waals surface area contributed by atoms with Crippen molar-refractivity contribution in [3.8, 4) is 0 Å². The van der Waals surface area contributed by atoms with E-state index in [1.54, 1.807) is 0 Å². The molecule has 0 aliphatic heterocycles. The monoisotopic (exact) mass is 309 g/mol. The molecule has 0 aliphatic rings. The highest BCUT2D eigenvalue weighted by Gasteiger charge is 1.77. The van der Waals surface area contributed by atoms with Gasteiger partial charge in [-0.1, -0.05) is 19.7 Å². The quantitative estimate of drug-likeness (QED) is 0.556. The van der Waals surface area contributed by atoms with E-state index in [0.29, 0.717) is 0 Å². The van der Waals surface area contributed by atoms with Gasteiger partial charge in [-0.15, -0.1) is 0 Å². The van der Waals surface area contributed by atoms with Gasteiger partial charge in [-0.2, -0.15) is 0 Å². The van der Waals surface area contributed by atoms with E-state index in [0.717, 1.165) is 0 Å². The van der Waals surface area contributed by atoms with Crippen molar-refractivity contribution in [3.05, 3.63) is 36.5 Å². The first-order chi connectivity index (χ1) is 7.93. The van der Waals surface area contributed by atoms with Crippen molar-refractivity contribution < 1.29 is 29.7 Å².